The van der Waals surface area contributed by atoms with E-state index in [1.807, 2.05) is 0 Å². The molecule has 0 aliphatic carbocycles. The third kappa shape index (κ3) is 2.79. The fourth-order valence-corrected chi connectivity index (χ4v) is 1.93. The summed E-state index contributed by atoms with van der Waals surface area (Å²) >= 11 is 0. The lowest BCUT2D eigenvalue weighted by Gasteiger charge is -2.03. The largest absolute Gasteiger partial charge is 0.488 e. The van der Waals surface area contributed by atoms with Gasteiger partial charge in [-0.25, -0.2) is 4.21 Å². The average Bonchev–Trinajstić information content (AvgIpc) is 2.18. The Labute approximate surface area is 88.3 Å². The lowest BCUT2D eigenvalue weighted by Crippen LogP contribution is -2.29. The summed E-state index contributed by atoms with van der Waals surface area (Å²) in [4.78, 5) is 0.383. The Balaban J connectivity index is 3.17. The van der Waals surface area contributed by atoms with Crippen molar-refractivity contribution in [3.63, 3.8) is 0 Å². The van der Waals surface area contributed by atoms with Crippen LogP contribution >= 0.6 is 0 Å². The minimum absolute atomic E-state index is 0.297. The van der Waals surface area contributed by atoms with E-state index < -0.39 is 16.8 Å². The van der Waals surface area contributed by atoms with Crippen molar-refractivity contribution in [2.24, 2.45) is 4.36 Å². The molecular weight excluding hydrogens is 215 g/mol. The minimum Gasteiger partial charge on any atom is -0.423 e. The van der Waals surface area contributed by atoms with Crippen LogP contribution < -0.4 is 5.46 Å². The number of nitriles is 1. The number of nitrogens with zero attached hydrogens (tertiary/aromatic N) is 2. The number of benzene rings is 1. The molecule has 0 bridgehead atoms. The van der Waals surface area contributed by atoms with Gasteiger partial charge in [0.25, 0.3) is 0 Å². The lowest BCUT2D eigenvalue weighted by atomic mass is 9.81. The summed E-state index contributed by atoms with van der Waals surface area (Å²) in [5.41, 5.74) is 0.297. The Morgan fingerprint density at radius 3 is 2.33 bits per heavy atom. The molecule has 1 unspecified atom stereocenters. The van der Waals surface area contributed by atoms with Gasteiger partial charge in [-0.3, -0.25) is 0 Å². The summed E-state index contributed by atoms with van der Waals surface area (Å²) in [5.74, 6) is 0. The number of hydrogen-bond donors (Lipinski definition) is 2. The predicted octanol–water partition coefficient (Wildman–Crippen LogP) is -0.696. The van der Waals surface area contributed by atoms with Crippen LogP contribution in [0.15, 0.2) is 33.5 Å². The van der Waals surface area contributed by atoms with E-state index in [0.717, 1.165) is 0 Å². The molecular formula is C8H9BN2O3S. The number of rotatable bonds is 2. The normalized spacial score (nSPS) is 13.7. The Hall–Kier alpha value is -1.36. The second-order valence-corrected chi connectivity index (χ2v) is 5.20. The van der Waals surface area contributed by atoms with Crippen molar-refractivity contribution in [2.45, 2.75) is 4.90 Å². The third-order valence-corrected chi connectivity index (χ3v) is 3.41. The molecule has 0 spiro atoms. The van der Waals surface area contributed by atoms with Gasteiger partial charge in [-0.1, -0.05) is 12.1 Å². The zero-order chi connectivity index (χ0) is 11.5. The van der Waals surface area contributed by atoms with Crippen LogP contribution in [-0.2, 0) is 9.73 Å². The fraction of sp³-hybridized carbons (Fsp3) is 0.125. The van der Waals surface area contributed by atoms with Crippen LogP contribution in [0.1, 0.15) is 0 Å². The summed E-state index contributed by atoms with van der Waals surface area (Å²) in [7, 11) is -4.26. The van der Waals surface area contributed by atoms with Crippen LogP contribution in [0.4, 0.5) is 0 Å². The fourth-order valence-electron chi connectivity index (χ4n) is 1.02. The van der Waals surface area contributed by atoms with E-state index in [9.17, 15) is 4.21 Å². The Bertz CT molecular complexity index is 498. The van der Waals surface area contributed by atoms with Gasteiger partial charge in [0.15, 0.2) is 0 Å². The van der Waals surface area contributed by atoms with E-state index >= 15 is 0 Å². The highest BCUT2D eigenvalue weighted by molar-refractivity contribution is 7.93. The Morgan fingerprint density at radius 1 is 1.40 bits per heavy atom. The summed E-state index contributed by atoms with van der Waals surface area (Å²) in [6, 6.07) is 5.77. The van der Waals surface area contributed by atoms with Crippen LogP contribution in [0.2, 0.25) is 0 Å². The highest BCUT2D eigenvalue weighted by atomic mass is 32.2. The monoisotopic (exact) mass is 224 g/mol. The van der Waals surface area contributed by atoms with E-state index in [2.05, 4.69) is 4.36 Å². The molecule has 7 heteroatoms. The standard InChI is InChI=1S/C8H9BN2O3S/c1-15(14,11-6-10)8-4-2-7(3-5-8)9(12)13/h2-5,12-13H,1H3. The van der Waals surface area contributed by atoms with Crippen LogP contribution in [0.25, 0.3) is 0 Å². The molecule has 2 N–H and O–H groups in total. The zero-order valence-electron chi connectivity index (χ0n) is 7.99. The van der Waals surface area contributed by atoms with E-state index in [1.54, 1.807) is 0 Å². The van der Waals surface area contributed by atoms with E-state index in [4.69, 9.17) is 15.3 Å². The van der Waals surface area contributed by atoms with Crippen LogP contribution in [0, 0.1) is 11.5 Å². The molecule has 15 heavy (non-hydrogen) atoms. The first-order valence-electron chi connectivity index (χ1n) is 4.04. The molecule has 1 atom stereocenters. The van der Waals surface area contributed by atoms with Gasteiger partial charge < -0.3 is 10.0 Å². The third-order valence-electron chi connectivity index (χ3n) is 1.83. The molecule has 78 valence electrons. The predicted molar refractivity (Wildman–Crippen MR) is 56.6 cm³/mol. The Kier molecular flexibility index (Phi) is 3.47. The topological polar surface area (TPSA) is 93.7 Å². The molecule has 1 aromatic rings. The second-order valence-electron chi connectivity index (χ2n) is 2.94. The maximum Gasteiger partial charge on any atom is 0.488 e. The average molecular weight is 224 g/mol. The SMILES string of the molecule is CS(=O)(=NC#N)c1ccc(B(O)O)cc1. The van der Waals surface area contributed by atoms with Gasteiger partial charge in [0, 0.05) is 11.2 Å². The van der Waals surface area contributed by atoms with Crippen molar-refractivity contribution in [3.05, 3.63) is 24.3 Å². The molecule has 0 aliphatic heterocycles. The molecule has 0 amide bonds. The van der Waals surface area contributed by atoms with Gasteiger partial charge in [-0.2, -0.15) is 5.26 Å². The molecule has 1 rings (SSSR count). The van der Waals surface area contributed by atoms with Crippen molar-refractivity contribution >= 4 is 22.3 Å². The van der Waals surface area contributed by atoms with Crippen LogP contribution in [0.5, 0.6) is 0 Å². The van der Waals surface area contributed by atoms with E-state index in [-0.39, 0.29) is 0 Å². The number of hydrogen-bond acceptors (Lipinski definition) is 5. The first-order chi connectivity index (χ1) is 6.97. The van der Waals surface area contributed by atoms with E-state index in [0.29, 0.717) is 10.4 Å². The minimum atomic E-state index is -2.70. The maximum absolute atomic E-state index is 11.8. The van der Waals surface area contributed by atoms with Crippen LogP contribution in [0.3, 0.4) is 0 Å². The summed E-state index contributed by atoms with van der Waals surface area (Å²) in [6.45, 7) is 0. The van der Waals surface area contributed by atoms with Crippen molar-refractivity contribution in [1.29, 1.82) is 5.26 Å². The van der Waals surface area contributed by atoms with Gasteiger partial charge in [-0.05, 0) is 17.6 Å². The molecule has 0 saturated heterocycles. The summed E-state index contributed by atoms with van der Waals surface area (Å²) in [5, 5.41) is 26.0. The van der Waals surface area contributed by atoms with Crippen LogP contribution in [-0.4, -0.2) is 27.6 Å². The quantitative estimate of drug-likeness (QED) is 0.513. The molecule has 5 nitrogen and oxygen atoms in total. The highest BCUT2D eigenvalue weighted by Crippen LogP contribution is 2.09. The first kappa shape index (κ1) is 11.7. The molecule has 0 aliphatic rings. The van der Waals surface area contributed by atoms with Crippen molar-refractivity contribution < 1.29 is 14.3 Å². The van der Waals surface area contributed by atoms with Gasteiger partial charge in [0.05, 0.1) is 9.73 Å². The molecule has 0 saturated carbocycles. The zero-order valence-corrected chi connectivity index (χ0v) is 8.81. The van der Waals surface area contributed by atoms with Crippen molar-refractivity contribution in [3.8, 4) is 6.19 Å². The van der Waals surface area contributed by atoms with Gasteiger partial charge in [0.2, 0.25) is 6.19 Å². The van der Waals surface area contributed by atoms with Crippen molar-refractivity contribution in [1.82, 2.24) is 0 Å². The second kappa shape index (κ2) is 4.44. The smallest absolute Gasteiger partial charge is 0.423 e. The van der Waals surface area contributed by atoms with E-state index in [1.165, 1.54) is 36.7 Å². The summed E-state index contributed by atoms with van der Waals surface area (Å²) < 4.78 is 15.1. The maximum atomic E-state index is 11.8. The summed E-state index contributed by atoms with van der Waals surface area (Å²) in [6.07, 6.45) is 2.84. The molecule has 0 aromatic heterocycles. The highest BCUT2D eigenvalue weighted by Gasteiger charge is 2.12. The van der Waals surface area contributed by atoms with Gasteiger partial charge in [-0.15, -0.1) is 4.36 Å². The Morgan fingerprint density at radius 2 is 1.93 bits per heavy atom. The van der Waals surface area contributed by atoms with Gasteiger partial charge in [0.1, 0.15) is 0 Å². The molecule has 1 aromatic carbocycles. The molecule has 0 radical (unpaired) electrons. The lowest BCUT2D eigenvalue weighted by molar-refractivity contribution is 0.425. The van der Waals surface area contributed by atoms with Crippen molar-refractivity contribution in [2.75, 3.05) is 6.26 Å². The molecule has 0 fully saturated rings. The van der Waals surface area contributed by atoms with Gasteiger partial charge >= 0.3 is 7.12 Å². The first-order valence-corrected chi connectivity index (χ1v) is 5.96. The molecule has 0 heterocycles.